The van der Waals surface area contributed by atoms with E-state index in [1.807, 2.05) is 18.5 Å². The van der Waals surface area contributed by atoms with E-state index >= 15 is 0 Å². The van der Waals surface area contributed by atoms with Gasteiger partial charge in [-0.05, 0) is 31.3 Å². The first-order valence-corrected chi connectivity index (χ1v) is 8.68. The highest BCUT2D eigenvalue weighted by Crippen LogP contribution is 2.31. The highest BCUT2D eigenvalue weighted by Gasteiger charge is 2.15. The first kappa shape index (κ1) is 15.0. The normalized spacial score (nSPS) is 13.8. The molecule has 1 atom stereocenters. The molecule has 1 aromatic heterocycles. The van der Waals surface area contributed by atoms with Gasteiger partial charge in [0, 0.05) is 16.7 Å². The molecule has 17 heavy (non-hydrogen) atoms. The zero-order chi connectivity index (χ0) is 12.9. The number of sulfone groups is 1. The molecule has 0 aromatic carbocycles. The Balaban J connectivity index is 2.52. The second-order valence-electron chi connectivity index (χ2n) is 3.85. The van der Waals surface area contributed by atoms with Crippen molar-refractivity contribution in [2.75, 3.05) is 18.6 Å². The summed E-state index contributed by atoms with van der Waals surface area (Å²) in [7, 11) is -0.990. The number of rotatable bonds is 7. The maximum absolute atomic E-state index is 11.4. The summed E-state index contributed by atoms with van der Waals surface area (Å²) in [5.41, 5.74) is 0. The molecule has 1 aromatic rings. The summed E-state index contributed by atoms with van der Waals surface area (Å²) in [6.45, 7) is 1.68. The Morgan fingerprint density at radius 2 is 2.24 bits per heavy atom. The third kappa shape index (κ3) is 4.58. The van der Waals surface area contributed by atoms with Crippen molar-refractivity contribution < 1.29 is 8.42 Å². The highest BCUT2D eigenvalue weighted by molar-refractivity contribution is 7.91. The second kappa shape index (κ2) is 6.73. The topological polar surface area (TPSA) is 46.2 Å². The van der Waals surface area contributed by atoms with Gasteiger partial charge in [0.25, 0.3) is 0 Å². The lowest BCUT2D eigenvalue weighted by Gasteiger charge is -2.14. The Labute approximate surface area is 112 Å². The molecule has 98 valence electrons. The van der Waals surface area contributed by atoms with E-state index in [4.69, 9.17) is 11.6 Å². The van der Waals surface area contributed by atoms with E-state index in [-0.39, 0.29) is 17.5 Å². The molecule has 0 bridgehead atoms. The molecule has 0 fully saturated rings. The lowest BCUT2D eigenvalue weighted by molar-refractivity contribution is 0.542. The third-order valence-corrected chi connectivity index (χ3v) is 5.96. The standard InChI is InChI=1S/C11H18ClNO2S2/c1-3-17(14,15)8-4-5-10(13-2)11-9(12)6-7-16-11/h6-7,10,13H,3-5,8H2,1-2H3. The SMILES string of the molecule is CCS(=O)(=O)CCCC(NC)c1sccc1Cl. The number of halogens is 1. The molecule has 0 aliphatic carbocycles. The molecule has 6 heteroatoms. The molecule has 1 rings (SSSR count). The summed E-state index contributed by atoms with van der Waals surface area (Å²) >= 11 is 7.66. The van der Waals surface area contributed by atoms with E-state index in [9.17, 15) is 8.42 Å². The van der Waals surface area contributed by atoms with E-state index in [2.05, 4.69) is 5.32 Å². The van der Waals surface area contributed by atoms with Crippen LogP contribution in [0.1, 0.15) is 30.7 Å². The van der Waals surface area contributed by atoms with Crippen LogP contribution in [0.2, 0.25) is 5.02 Å². The first-order valence-electron chi connectivity index (χ1n) is 5.60. The van der Waals surface area contributed by atoms with Crippen LogP contribution in [-0.2, 0) is 9.84 Å². The molecule has 0 aliphatic heterocycles. The Morgan fingerprint density at radius 1 is 1.53 bits per heavy atom. The van der Waals surface area contributed by atoms with Crippen LogP contribution in [0.3, 0.4) is 0 Å². The largest absolute Gasteiger partial charge is 0.312 e. The molecule has 0 spiro atoms. The summed E-state index contributed by atoms with van der Waals surface area (Å²) in [5.74, 6) is 0.474. The quantitative estimate of drug-likeness (QED) is 0.841. The average Bonchev–Trinajstić information content (AvgIpc) is 2.71. The second-order valence-corrected chi connectivity index (χ2v) is 7.68. The van der Waals surface area contributed by atoms with Gasteiger partial charge in [-0.25, -0.2) is 8.42 Å². The van der Waals surface area contributed by atoms with Crippen molar-refractivity contribution in [1.82, 2.24) is 5.32 Å². The molecule has 0 radical (unpaired) electrons. The molecule has 3 nitrogen and oxygen atoms in total. The van der Waals surface area contributed by atoms with Gasteiger partial charge in [0.05, 0.1) is 10.8 Å². The van der Waals surface area contributed by atoms with Crippen LogP contribution in [0.5, 0.6) is 0 Å². The van der Waals surface area contributed by atoms with E-state index in [0.29, 0.717) is 6.42 Å². The molecule has 0 amide bonds. The Hall–Kier alpha value is -0.100. The van der Waals surface area contributed by atoms with Gasteiger partial charge in [0.2, 0.25) is 0 Å². The average molecular weight is 296 g/mol. The van der Waals surface area contributed by atoms with Crippen molar-refractivity contribution in [3.05, 3.63) is 21.3 Å². The summed E-state index contributed by atoms with van der Waals surface area (Å²) < 4.78 is 22.8. The Bertz CT molecular complexity index is 442. The molecule has 1 N–H and O–H groups in total. The minimum absolute atomic E-state index is 0.148. The van der Waals surface area contributed by atoms with Crippen molar-refractivity contribution in [1.29, 1.82) is 0 Å². The fourth-order valence-corrected chi connectivity index (χ4v) is 3.84. The fraction of sp³-hybridized carbons (Fsp3) is 0.636. The fourth-order valence-electron chi connectivity index (χ4n) is 1.61. The lowest BCUT2D eigenvalue weighted by Crippen LogP contribution is -2.17. The molecule has 0 saturated heterocycles. The van der Waals surface area contributed by atoms with Gasteiger partial charge in [0.1, 0.15) is 9.84 Å². The van der Waals surface area contributed by atoms with Crippen LogP contribution < -0.4 is 5.32 Å². The van der Waals surface area contributed by atoms with Crippen molar-refractivity contribution in [3.63, 3.8) is 0 Å². The van der Waals surface area contributed by atoms with Crippen molar-refractivity contribution >= 4 is 32.8 Å². The number of nitrogens with one attached hydrogen (secondary N) is 1. The summed E-state index contributed by atoms with van der Waals surface area (Å²) in [6.07, 6.45) is 1.45. The van der Waals surface area contributed by atoms with Crippen LogP contribution in [0.15, 0.2) is 11.4 Å². The van der Waals surface area contributed by atoms with Crippen LogP contribution in [0.4, 0.5) is 0 Å². The summed E-state index contributed by atoms with van der Waals surface area (Å²) in [5, 5.41) is 5.89. The molecular formula is C11H18ClNO2S2. The third-order valence-electron chi connectivity index (χ3n) is 2.70. The summed E-state index contributed by atoms with van der Waals surface area (Å²) in [4.78, 5) is 1.09. The smallest absolute Gasteiger partial charge is 0.150 e. The molecule has 0 saturated carbocycles. The van der Waals surface area contributed by atoms with Crippen molar-refractivity contribution in [3.8, 4) is 0 Å². The van der Waals surface area contributed by atoms with Gasteiger partial charge in [0.15, 0.2) is 0 Å². The zero-order valence-electron chi connectivity index (χ0n) is 10.1. The van der Waals surface area contributed by atoms with E-state index in [1.54, 1.807) is 18.3 Å². The minimum atomic E-state index is -2.86. The maximum Gasteiger partial charge on any atom is 0.150 e. The van der Waals surface area contributed by atoms with Gasteiger partial charge in [-0.1, -0.05) is 18.5 Å². The van der Waals surface area contributed by atoms with Gasteiger partial charge in [-0.3, -0.25) is 0 Å². The van der Waals surface area contributed by atoms with Gasteiger partial charge >= 0.3 is 0 Å². The lowest BCUT2D eigenvalue weighted by atomic mass is 10.1. The van der Waals surface area contributed by atoms with Crippen LogP contribution >= 0.6 is 22.9 Å². The van der Waals surface area contributed by atoms with Crippen LogP contribution in [0.25, 0.3) is 0 Å². The number of thiophene rings is 1. The first-order chi connectivity index (χ1) is 8.00. The highest BCUT2D eigenvalue weighted by atomic mass is 35.5. The zero-order valence-corrected chi connectivity index (χ0v) is 12.5. The minimum Gasteiger partial charge on any atom is -0.312 e. The van der Waals surface area contributed by atoms with E-state index in [1.165, 1.54) is 0 Å². The number of hydrogen-bond acceptors (Lipinski definition) is 4. The molecule has 1 heterocycles. The Kier molecular flexibility index (Phi) is 5.92. The van der Waals surface area contributed by atoms with Crippen LogP contribution in [-0.4, -0.2) is 27.0 Å². The van der Waals surface area contributed by atoms with Gasteiger partial charge in [-0.2, -0.15) is 0 Å². The maximum atomic E-state index is 11.4. The monoisotopic (exact) mass is 295 g/mol. The van der Waals surface area contributed by atoms with E-state index < -0.39 is 9.84 Å². The predicted octanol–water partition coefficient (Wildman–Crippen LogP) is 2.88. The van der Waals surface area contributed by atoms with E-state index in [0.717, 1.165) is 16.3 Å². The van der Waals surface area contributed by atoms with Crippen molar-refractivity contribution in [2.45, 2.75) is 25.8 Å². The predicted molar refractivity (Wildman–Crippen MR) is 74.7 cm³/mol. The Morgan fingerprint density at radius 3 is 2.71 bits per heavy atom. The summed E-state index contributed by atoms with van der Waals surface area (Å²) in [6, 6.07) is 2.02. The van der Waals surface area contributed by atoms with Gasteiger partial charge < -0.3 is 5.32 Å². The van der Waals surface area contributed by atoms with Crippen LogP contribution in [0, 0.1) is 0 Å². The molecular weight excluding hydrogens is 278 g/mol. The van der Waals surface area contributed by atoms with Gasteiger partial charge in [-0.15, -0.1) is 11.3 Å². The number of hydrogen-bond donors (Lipinski definition) is 1. The molecule has 1 unspecified atom stereocenters. The molecule has 0 aliphatic rings. The van der Waals surface area contributed by atoms with Crippen molar-refractivity contribution in [2.24, 2.45) is 0 Å².